The second-order valence-electron chi connectivity index (χ2n) is 3.54. The van der Waals surface area contributed by atoms with Crippen LogP contribution in [0, 0.1) is 0 Å². The summed E-state index contributed by atoms with van der Waals surface area (Å²) in [5.41, 5.74) is 0.476. The Kier molecular flexibility index (Phi) is 4.34. The van der Waals surface area contributed by atoms with Gasteiger partial charge in [-0.3, -0.25) is 4.79 Å². The van der Waals surface area contributed by atoms with E-state index in [9.17, 15) is 4.79 Å². The second-order valence-corrected chi connectivity index (χ2v) is 4.79. The van der Waals surface area contributed by atoms with E-state index < -0.39 is 0 Å². The van der Waals surface area contributed by atoms with Crippen molar-refractivity contribution in [3.63, 3.8) is 0 Å². The SMILES string of the molecule is COc1ccc(C(=O)Nc2ccc(Cl)nn2)cc1Br. The van der Waals surface area contributed by atoms with Gasteiger partial charge in [-0.2, -0.15) is 0 Å². The molecule has 0 aliphatic carbocycles. The molecular formula is C12H9BrClN3O2. The van der Waals surface area contributed by atoms with Gasteiger partial charge in [-0.05, 0) is 46.3 Å². The normalized spacial score (nSPS) is 10.1. The number of hydrogen-bond donors (Lipinski definition) is 1. The van der Waals surface area contributed by atoms with E-state index in [-0.39, 0.29) is 11.1 Å². The Morgan fingerprint density at radius 2 is 2.11 bits per heavy atom. The van der Waals surface area contributed by atoms with Crippen molar-refractivity contribution in [1.82, 2.24) is 10.2 Å². The lowest BCUT2D eigenvalue weighted by Crippen LogP contribution is -2.13. The van der Waals surface area contributed by atoms with Crippen molar-refractivity contribution in [3.8, 4) is 5.75 Å². The van der Waals surface area contributed by atoms with Crippen LogP contribution in [0.3, 0.4) is 0 Å². The Morgan fingerprint density at radius 3 is 2.68 bits per heavy atom. The highest BCUT2D eigenvalue weighted by Crippen LogP contribution is 2.25. The molecule has 5 nitrogen and oxygen atoms in total. The molecule has 0 unspecified atom stereocenters. The monoisotopic (exact) mass is 341 g/mol. The zero-order valence-electron chi connectivity index (χ0n) is 9.85. The summed E-state index contributed by atoms with van der Waals surface area (Å²) in [5.74, 6) is 0.698. The Hall–Kier alpha value is -1.66. The molecule has 0 spiro atoms. The summed E-state index contributed by atoms with van der Waals surface area (Å²) in [6, 6.07) is 8.15. The van der Waals surface area contributed by atoms with Crippen molar-refractivity contribution in [3.05, 3.63) is 45.5 Å². The maximum absolute atomic E-state index is 12.0. The molecule has 1 heterocycles. The number of aromatic nitrogens is 2. The van der Waals surface area contributed by atoms with E-state index in [1.54, 1.807) is 37.4 Å². The number of hydrogen-bond acceptors (Lipinski definition) is 4. The van der Waals surface area contributed by atoms with Crippen LogP contribution in [0.2, 0.25) is 5.15 Å². The standard InChI is InChI=1S/C12H9BrClN3O2/c1-19-9-3-2-7(6-8(9)13)12(18)15-11-5-4-10(14)16-17-11/h2-6H,1H3,(H,15,17,18). The van der Waals surface area contributed by atoms with Crippen molar-refractivity contribution in [1.29, 1.82) is 0 Å². The average molecular weight is 343 g/mol. The van der Waals surface area contributed by atoms with Crippen molar-refractivity contribution in [2.75, 3.05) is 12.4 Å². The highest BCUT2D eigenvalue weighted by Gasteiger charge is 2.10. The lowest BCUT2D eigenvalue weighted by molar-refractivity contribution is 0.102. The topological polar surface area (TPSA) is 64.1 Å². The summed E-state index contributed by atoms with van der Waals surface area (Å²) in [5, 5.41) is 10.3. The van der Waals surface area contributed by atoms with Gasteiger partial charge in [0.1, 0.15) is 5.75 Å². The van der Waals surface area contributed by atoms with Gasteiger partial charge >= 0.3 is 0 Å². The van der Waals surface area contributed by atoms with Crippen LogP contribution in [-0.4, -0.2) is 23.2 Å². The van der Waals surface area contributed by atoms with E-state index >= 15 is 0 Å². The summed E-state index contributed by atoms with van der Waals surface area (Å²) in [6.07, 6.45) is 0. The summed E-state index contributed by atoms with van der Waals surface area (Å²) in [6.45, 7) is 0. The minimum Gasteiger partial charge on any atom is -0.496 e. The van der Waals surface area contributed by atoms with Gasteiger partial charge in [0.25, 0.3) is 5.91 Å². The first-order valence-electron chi connectivity index (χ1n) is 5.24. The number of rotatable bonds is 3. The fraction of sp³-hybridized carbons (Fsp3) is 0.0833. The molecule has 0 radical (unpaired) electrons. The predicted octanol–water partition coefficient (Wildman–Crippen LogP) is 3.15. The van der Waals surface area contributed by atoms with Crippen molar-refractivity contribution in [2.24, 2.45) is 0 Å². The van der Waals surface area contributed by atoms with Gasteiger partial charge < -0.3 is 10.1 Å². The summed E-state index contributed by atoms with van der Waals surface area (Å²) < 4.78 is 5.79. The minimum absolute atomic E-state index is 0.269. The van der Waals surface area contributed by atoms with Gasteiger partial charge in [-0.25, -0.2) is 0 Å². The third-order valence-electron chi connectivity index (χ3n) is 2.29. The van der Waals surface area contributed by atoms with Crippen molar-refractivity contribution >= 4 is 39.3 Å². The fourth-order valence-corrected chi connectivity index (χ4v) is 2.02. The molecule has 98 valence electrons. The summed E-state index contributed by atoms with van der Waals surface area (Å²) in [4.78, 5) is 12.0. The lowest BCUT2D eigenvalue weighted by Gasteiger charge is -2.06. The van der Waals surface area contributed by atoms with Crippen LogP contribution in [-0.2, 0) is 0 Å². The van der Waals surface area contributed by atoms with Crippen LogP contribution in [0.5, 0.6) is 5.75 Å². The lowest BCUT2D eigenvalue weighted by atomic mass is 10.2. The molecule has 2 rings (SSSR count). The van der Waals surface area contributed by atoms with E-state index in [2.05, 4.69) is 31.4 Å². The first-order chi connectivity index (χ1) is 9.10. The molecule has 0 aliphatic rings. The maximum Gasteiger partial charge on any atom is 0.256 e. The number of anilines is 1. The maximum atomic E-state index is 12.0. The number of benzene rings is 1. The Morgan fingerprint density at radius 1 is 1.32 bits per heavy atom. The number of nitrogens with one attached hydrogen (secondary N) is 1. The second kappa shape index (κ2) is 5.99. The van der Waals surface area contributed by atoms with Gasteiger partial charge in [0.05, 0.1) is 11.6 Å². The molecule has 0 fully saturated rings. The van der Waals surface area contributed by atoms with Crippen LogP contribution in [0.1, 0.15) is 10.4 Å². The predicted molar refractivity (Wildman–Crippen MR) is 75.7 cm³/mol. The molecule has 0 aliphatic heterocycles. The van der Waals surface area contributed by atoms with Crippen LogP contribution in [0.15, 0.2) is 34.8 Å². The first kappa shape index (κ1) is 13.8. The summed E-state index contributed by atoms with van der Waals surface area (Å²) in [7, 11) is 1.56. The van der Waals surface area contributed by atoms with Crippen LogP contribution >= 0.6 is 27.5 Å². The molecule has 1 aromatic heterocycles. The number of ether oxygens (including phenoxy) is 1. The number of methoxy groups -OCH3 is 1. The van der Waals surface area contributed by atoms with E-state index in [1.807, 2.05) is 0 Å². The molecule has 0 bridgehead atoms. The molecule has 1 N–H and O–H groups in total. The third-order valence-corrected chi connectivity index (χ3v) is 3.11. The number of amides is 1. The van der Waals surface area contributed by atoms with Crippen LogP contribution in [0.25, 0.3) is 0 Å². The van der Waals surface area contributed by atoms with Gasteiger partial charge in [-0.15, -0.1) is 10.2 Å². The zero-order chi connectivity index (χ0) is 13.8. The van der Waals surface area contributed by atoms with Crippen molar-refractivity contribution < 1.29 is 9.53 Å². The van der Waals surface area contributed by atoms with E-state index in [0.717, 1.165) is 0 Å². The highest BCUT2D eigenvalue weighted by atomic mass is 79.9. The Balaban J connectivity index is 2.16. The molecule has 0 saturated carbocycles. The van der Waals surface area contributed by atoms with Gasteiger partial charge in [0.15, 0.2) is 11.0 Å². The molecule has 0 saturated heterocycles. The average Bonchev–Trinajstić information content (AvgIpc) is 2.41. The van der Waals surface area contributed by atoms with E-state index in [1.165, 1.54) is 0 Å². The minimum atomic E-state index is -0.292. The third kappa shape index (κ3) is 3.42. The van der Waals surface area contributed by atoms with E-state index in [0.29, 0.717) is 21.6 Å². The van der Waals surface area contributed by atoms with Gasteiger partial charge in [0.2, 0.25) is 0 Å². The molecule has 1 aromatic carbocycles. The van der Waals surface area contributed by atoms with Crippen molar-refractivity contribution in [2.45, 2.75) is 0 Å². The Bertz CT molecular complexity index is 604. The Labute approximate surface area is 123 Å². The first-order valence-corrected chi connectivity index (χ1v) is 6.41. The van der Waals surface area contributed by atoms with E-state index in [4.69, 9.17) is 16.3 Å². The number of halogens is 2. The highest BCUT2D eigenvalue weighted by molar-refractivity contribution is 9.10. The molecule has 7 heteroatoms. The molecule has 2 aromatic rings. The summed E-state index contributed by atoms with van der Waals surface area (Å²) >= 11 is 8.93. The molecule has 19 heavy (non-hydrogen) atoms. The number of carbonyl (C=O) groups is 1. The molecule has 0 atom stereocenters. The molecule has 1 amide bonds. The molecular weight excluding hydrogens is 334 g/mol. The van der Waals surface area contributed by atoms with Gasteiger partial charge in [-0.1, -0.05) is 11.6 Å². The fourth-order valence-electron chi connectivity index (χ4n) is 1.38. The smallest absolute Gasteiger partial charge is 0.256 e. The number of carbonyl (C=O) groups excluding carboxylic acids is 1. The van der Waals surface area contributed by atoms with Gasteiger partial charge in [0, 0.05) is 5.56 Å². The van der Waals surface area contributed by atoms with Crippen LogP contribution < -0.4 is 10.1 Å². The van der Waals surface area contributed by atoms with Crippen LogP contribution in [0.4, 0.5) is 5.82 Å². The zero-order valence-corrected chi connectivity index (χ0v) is 12.2. The quantitative estimate of drug-likeness (QED) is 0.930. The largest absolute Gasteiger partial charge is 0.496 e. The number of nitrogens with zero attached hydrogens (tertiary/aromatic N) is 2.